The molecule has 0 aliphatic rings. The van der Waals surface area contributed by atoms with Crippen molar-refractivity contribution in [3.05, 3.63) is 35.9 Å². The summed E-state index contributed by atoms with van der Waals surface area (Å²) in [4.78, 5) is 37.1. The first-order chi connectivity index (χ1) is 13.9. The quantitative estimate of drug-likeness (QED) is 0.494. The second-order valence-corrected chi connectivity index (χ2v) is 7.82. The highest BCUT2D eigenvalue weighted by molar-refractivity contribution is 5.90. The van der Waals surface area contributed by atoms with Gasteiger partial charge in [0.1, 0.15) is 12.1 Å². The Morgan fingerprint density at radius 1 is 1.00 bits per heavy atom. The van der Waals surface area contributed by atoms with Crippen LogP contribution in [0.2, 0.25) is 0 Å². The van der Waals surface area contributed by atoms with E-state index in [4.69, 9.17) is 4.74 Å². The van der Waals surface area contributed by atoms with Gasteiger partial charge in [-0.15, -0.1) is 0 Å². The van der Waals surface area contributed by atoms with Crippen molar-refractivity contribution in [2.75, 3.05) is 7.11 Å². The van der Waals surface area contributed by atoms with Gasteiger partial charge < -0.3 is 15.4 Å². The van der Waals surface area contributed by atoms with Crippen molar-refractivity contribution in [3.63, 3.8) is 0 Å². The number of esters is 1. The molecule has 29 heavy (non-hydrogen) atoms. The number of rotatable bonds is 13. The minimum absolute atomic E-state index is 0.148. The Morgan fingerprint density at radius 2 is 1.69 bits per heavy atom. The second kappa shape index (κ2) is 13.7. The minimum Gasteiger partial charge on any atom is -0.467 e. The van der Waals surface area contributed by atoms with Crippen LogP contribution in [-0.4, -0.2) is 37.0 Å². The molecule has 0 aromatic heterocycles. The van der Waals surface area contributed by atoms with Gasteiger partial charge in [-0.05, 0) is 37.2 Å². The van der Waals surface area contributed by atoms with E-state index in [2.05, 4.69) is 10.6 Å². The van der Waals surface area contributed by atoms with Gasteiger partial charge in [-0.3, -0.25) is 9.59 Å². The van der Waals surface area contributed by atoms with E-state index >= 15 is 0 Å². The Bertz CT molecular complexity index is 631. The van der Waals surface area contributed by atoms with E-state index in [9.17, 15) is 14.4 Å². The van der Waals surface area contributed by atoms with Crippen LogP contribution in [0.1, 0.15) is 64.9 Å². The van der Waals surface area contributed by atoms with Crippen LogP contribution < -0.4 is 10.6 Å². The zero-order chi connectivity index (χ0) is 21.6. The lowest BCUT2D eigenvalue weighted by atomic mass is 10.0. The fourth-order valence-corrected chi connectivity index (χ4v) is 3.14. The third-order valence-electron chi connectivity index (χ3n) is 4.72. The SMILES string of the molecule is CCCC[C@H](NC(=O)[C@H](CC(C)C)NC(=O)CCCc1ccccc1)C(=O)OC. The van der Waals surface area contributed by atoms with Gasteiger partial charge >= 0.3 is 5.97 Å². The highest BCUT2D eigenvalue weighted by Gasteiger charge is 2.27. The zero-order valence-corrected chi connectivity index (χ0v) is 18.2. The molecule has 1 rings (SSSR count). The largest absolute Gasteiger partial charge is 0.467 e. The molecule has 0 bridgehead atoms. The van der Waals surface area contributed by atoms with Crippen molar-refractivity contribution < 1.29 is 19.1 Å². The molecule has 6 nitrogen and oxygen atoms in total. The number of hydrogen-bond donors (Lipinski definition) is 2. The summed E-state index contributed by atoms with van der Waals surface area (Å²) in [6.07, 6.45) is 4.64. The van der Waals surface area contributed by atoms with Gasteiger partial charge in [0, 0.05) is 6.42 Å². The number of carbonyl (C=O) groups is 3. The molecule has 2 atom stereocenters. The summed E-state index contributed by atoms with van der Waals surface area (Å²) >= 11 is 0. The van der Waals surface area contributed by atoms with Gasteiger partial charge in [-0.2, -0.15) is 0 Å². The number of methoxy groups -OCH3 is 1. The molecule has 0 fully saturated rings. The molecule has 0 saturated heterocycles. The van der Waals surface area contributed by atoms with Crippen molar-refractivity contribution in [2.45, 2.75) is 77.8 Å². The van der Waals surface area contributed by atoms with Crippen LogP contribution in [0.4, 0.5) is 0 Å². The lowest BCUT2D eigenvalue weighted by molar-refractivity contribution is -0.145. The van der Waals surface area contributed by atoms with E-state index in [0.717, 1.165) is 19.3 Å². The summed E-state index contributed by atoms with van der Waals surface area (Å²) in [5, 5.41) is 5.62. The second-order valence-electron chi connectivity index (χ2n) is 7.82. The predicted octanol–water partition coefficient (Wildman–Crippen LogP) is 3.39. The first kappa shape index (κ1) is 24.7. The highest BCUT2D eigenvalue weighted by Crippen LogP contribution is 2.09. The smallest absolute Gasteiger partial charge is 0.328 e. The Labute approximate surface area is 174 Å². The average Bonchev–Trinajstić information content (AvgIpc) is 2.70. The standard InChI is InChI=1S/C23H36N2O4/c1-5-6-14-19(23(28)29-4)25-22(27)20(16-17(2)3)24-21(26)15-10-13-18-11-8-7-9-12-18/h7-9,11-12,17,19-20H,5-6,10,13-16H2,1-4H3,(H,24,26)(H,25,27)/t19-,20-/m0/s1. The van der Waals surface area contributed by atoms with Crippen molar-refractivity contribution in [1.29, 1.82) is 0 Å². The summed E-state index contributed by atoms with van der Waals surface area (Å²) in [5.74, 6) is -0.710. The van der Waals surface area contributed by atoms with E-state index in [1.807, 2.05) is 51.1 Å². The van der Waals surface area contributed by atoms with Gasteiger partial charge in [0.15, 0.2) is 0 Å². The molecule has 1 aromatic carbocycles. The minimum atomic E-state index is -0.683. The maximum atomic E-state index is 12.8. The van der Waals surface area contributed by atoms with Crippen LogP contribution in [0.5, 0.6) is 0 Å². The van der Waals surface area contributed by atoms with Gasteiger partial charge in [0.25, 0.3) is 0 Å². The predicted molar refractivity (Wildman–Crippen MR) is 114 cm³/mol. The molecule has 6 heteroatoms. The number of nitrogens with one attached hydrogen (secondary N) is 2. The van der Waals surface area contributed by atoms with Crippen LogP contribution in [-0.2, 0) is 25.5 Å². The molecule has 0 spiro atoms. The molecule has 0 unspecified atom stereocenters. The number of hydrogen-bond acceptors (Lipinski definition) is 4. The molecule has 0 saturated carbocycles. The Balaban J connectivity index is 2.62. The Morgan fingerprint density at radius 3 is 2.28 bits per heavy atom. The fourth-order valence-electron chi connectivity index (χ4n) is 3.14. The number of amides is 2. The topological polar surface area (TPSA) is 84.5 Å². The first-order valence-corrected chi connectivity index (χ1v) is 10.6. The van der Waals surface area contributed by atoms with Crippen LogP contribution in [0.25, 0.3) is 0 Å². The third kappa shape index (κ3) is 10.1. The lowest BCUT2D eigenvalue weighted by Crippen LogP contribution is -2.52. The first-order valence-electron chi connectivity index (χ1n) is 10.6. The molecule has 0 aliphatic carbocycles. The average molecular weight is 405 g/mol. The molecule has 2 N–H and O–H groups in total. The Hall–Kier alpha value is -2.37. The Kier molecular flexibility index (Phi) is 11.7. The zero-order valence-electron chi connectivity index (χ0n) is 18.2. The van der Waals surface area contributed by atoms with Gasteiger partial charge in [0.05, 0.1) is 7.11 Å². The fraction of sp³-hybridized carbons (Fsp3) is 0.609. The number of benzene rings is 1. The van der Waals surface area contributed by atoms with E-state index in [-0.39, 0.29) is 17.7 Å². The van der Waals surface area contributed by atoms with Crippen molar-refractivity contribution in [1.82, 2.24) is 10.6 Å². The summed E-state index contributed by atoms with van der Waals surface area (Å²) in [6, 6.07) is 8.66. The molecule has 2 amide bonds. The van der Waals surface area contributed by atoms with Crippen LogP contribution in [0.3, 0.4) is 0 Å². The van der Waals surface area contributed by atoms with E-state index in [1.165, 1.54) is 12.7 Å². The van der Waals surface area contributed by atoms with Crippen LogP contribution in [0.15, 0.2) is 30.3 Å². The highest BCUT2D eigenvalue weighted by atomic mass is 16.5. The maximum absolute atomic E-state index is 12.8. The summed E-state index contributed by atoms with van der Waals surface area (Å²) in [5.41, 5.74) is 1.19. The molecule has 0 radical (unpaired) electrons. The molecular weight excluding hydrogens is 368 g/mol. The van der Waals surface area contributed by atoms with Gasteiger partial charge in [-0.25, -0.2) is 4.79 Å². The molecule has 0 heterocycles. The molecular formula is C23H36N2O4. The van der Waals surface area contributed by atoms with Crippen molar-refractivity contribution in [2.24, 2.45) is 5.92 Å². The summed E-state index contributed by atoms with van der Waals surface area (Å²) in [6.45, 7) is 6.01. The van der Waals surface area contributed by atoms with Crippen LogP contribution >= 0.6 is 0 Å². The third-order valence-corrected chi connectivity index (χ3v) is 4.72. The summed E-state index contributed by atoms with van der Waals surface area (Å²) < 4.78 is 4.81. The van der Waals surface area contributed by atoms with Crippen molar-refractivity contribution >= 4 is 17.8 Å². The van der Waals surface area contributed by atoms with Gasteiger partial charge in [0.2, 0.25) is 11.8 Å². The number of ether oxygens (including phenoxy) is 1. The number of unbranched alkanes of at least 4 members (excludes halogenated alkanes) is 1. The molecule has 0 aliphatic heterocycles. The lowest BCUT2D eigenvalue weighted by Gasteiger charge is -2.23. The van der Waals surface area contributed by atoms with E-state index < -0.39 is 18.1 Å². The number of aryl methyl sites for hydroxylation is 1. The summed E-state index contributed by atoms with van der Waals surface area (Å²) in [7, 11) is 1.31. The van der Waals surface area contributed by atoms with Gasteiger partial charge in [-0.1, -0.05) is 63.9 Å². The monoisotopic (exact) mass is 404 g/mol. The van der Waals surface area contributed by atoms with E-state index in [1.54, 1.807) is 0 Å². The van der Waals surface area contributed by atoms with Crippen molar-refractivity contribution in [3.8, 4) is 0 Å². The molecule has 162 valence electrons. The maximum Gasteiger partial charge on any atom is 0.328 e. The normalized spacial score (nSPS) is 12.9. The molecule has 1 aromatic rings. The van der Waals surface area contributed by atoms with E-state index in [0.29, 0.717) is 25.7 Å². The number of carbonyl (C=O) groups excluding carboxylic acids is 3. The van der Waals surface area contributed by atoms with Crippen LogP contribution in [0, 0.1) is 5.92 Å².